The van der Waals surface area contributed by atoms with Gasteiger partial charge in [-0.3, -0.25) is 0 Å². The van der Waals surface area contributed by atoms with Gasteiger partial charge >= 0.3 is 12.1 Å². The molecule has 23 heteroatoms. The number of anilines is 2. The van der Waals surface area contributed by atoms with E-state index in [4.69, 9.17) is 28.8 Å². The number of tetrazole rings is 1. The Balaban J connectivity index is 1.33. The Hall–Kier alpha value is -7.44. The number of nitrogens with zero attached hydrogens (tertiary/aromatic N) is 7. The van der Waals surface area contributed by atoms with Gasteiger partial charge in [0.15, 0.2) is 10.8 Å². The number of methoxy groups -OCH3 is 4. The average Bonchev–Trinajstić information content (AvgIpc) is 4.18. The highest BCUT2D eigenvalue weighted by Crippen LogP contribution is 2.42. The first kappa shape index (κ1) is 52.9. The van der Waals surface area contributed by atoms with Gasteiger partial charge in [0, 0.05) is 43.3 Å². The number of rotatable bonds is 19. The third-order valence-electron chi connectivity index (χ3n) is 11.7. The van der Waals surface area contributed by atoms with Crippen LogP contribution >= 0.6 is 11.3 Å². The minimum atomic E-state index is -4.99. The van der Waals surface area contributed by atoms with Gasteiger partial charge in [-0.1, -0.05) is 54.6 Å². The van der Waals surface area contributed by atoms with E-state index in [0.717, 1.165) is 5.56 Å². The van der Waals surface area contributed by atoms with E-state index in [1.54, 1.807) is 118 Å². The summed E-state index contributed by atoms with van der Waals surface area (Å²) >= 11 is 1.17. The zero-order valence-corrected chi connectivity index (χ0v) is 44.1. The Morgan fingerprint density at radius 1 is 0.797 bits per heavy atom. The van der Waals surface area contributed by atoms with Crippen LogP contribution in [0.2, 0.25) is 0 Å². The predicted octanol–water partition coefficient (Wildman–Crippen LogP) is 7.75. The number of thiazole rings is 1. The van der Waals surface area contributed by atoms with Crippen molar-refractivity contribution in [1.82, 2.24) is 39.1 Å². The van der Waals surface area contributed by atoms with Gasteiger partial charge in [-0.05, 0) is 115 Å². The molecule has 0 unspecified atom stereocenters. The van der Waals surface area contributed by atoms with Crippen LogP contribution in [0.1, 0.15) is 54.4 Å². The Kier molecular flexibility index (Phi) is 16.0. The first-order valence-corrected chi connectivity index (χ1v) is 26.9. The average molecular weight is 1070 g/mol. The number of benzene rings is 5. The number of ether oxygens (including phenoxy) is 5. The maximum Gasteiger partial charge on any atom is 0.410 e. The number of likely N-dealkylation sites (tertiary alicyclic amines) is 1. The topological polar surface area (TPSA) is 236 Å². The molecule has 8 rings (SSSR count). The van der Waals surface area contributed by atoms with Gasteiger partial charge in [0.1, 0.15) is 32.6 Å². The molecule has 3 heterocycles. The summed E-state index contributed by atoms with van der Waals surface area (Å²) in [6.07, 6.45) is -0.394. The molecule has 0 bridgehead atoms. The van der Waals surface area contributed by atoms with Crippen molar-refractivity contribution < 1.29 is 50.1 Å². The second kappa shape index (κ2) is 22.4. The van der Waals surface area contributed by atoms with Crippen LogP contribution in [0.15, 0.2) is 124 Å². The van der Waals surface area contributed by atoms with E-state index in [1.807, 2.05) is 12.1 Å². The SMILES string of the molecule is COC(=O)c1csc(Nc2cccc(-c3ccc(S(=O)(=O)N[C@@H]4CCN(C(=O)OC(C)(C)C)C4)c(S(=O)(=O)N(Cc4ccc(OC)cc4)Cc4ccc(OC)cc4)c3-c3nnn(Cc4ccc(OC)cc4)n3)c2)n1. The number of sulfonamides is 2. The highest BCUT2D eigenvalue weighted by Gasteiger charge is 2.40. The quantitative estimate of drug-likeness (QED) is 0.0737. The maximum absolute atomic E-state index is 16.3. The van der Waals surface area contributed by atoms with E-state index in [0.29, 0.717) is 44.8 Å². The van der Waals surface area contributed by atoms with Gasteiger partial charge < -0.3 is 33.9 Å². The lowest BCUT2D eigenvalue weighted by Gasteiger charge is -2.27. The lowest BCUT2D eigenvalue weighted by atomic mass is 9.98. The van der Waals surface area contributed by atoms with Crippen molar-refractivity contribution in [2.45, 2.75) is 68.3 Å². The lowest BCUT2D eigenvalue weighted by Crippen LogP contribution is -2.41. The minimum absolute atomic E-state index is 0.0382. The van der Waals surface area contributed by atoms with Crippen LogP contribution in [0.5, 0.6) is 17.2 Å². The van der Waals surface area contributed by atoms with Crippen LogP contribution in [-0.4, -0.2) is 116 Å². The van der Waals surface area contributed by atoms with Gasteiger partial charge in [0.05, 0.1) is 40.5 Å². The second-order valence-corrected chi connectivity index (χ2v) is 22.5. The summed E-state index contributed by atoms with van der Waals surface area (Å²) in [5.74, 6) is 0.913. The number of amides is 1. The molecular weight excluding hydrogens is 1010 g/mol. The molecule has 388 valence electrons. The van der Waals surface area contributed by atoms with Crippen LogP contribution in [-0.2, 0) is 49.2 Å². The van der Waals surface area contributed by atoms with Crippen LogP contribution in [0.25, 0.3) is 22.5 Å². The molecule has 0 saturated carbocycles. The van der Waals surface area contributed by atoms with Gasteiger partial charge in [0.25, 0.3) is 0 Å². The van der Waals surface area contributed by atoms with Crippen molar-refractivity contribution in [2.24, 2.45) is 0 Å². The highest BCUT2D eigenvalue weighted by molar-refractivity contribution is 7.92. The lowest BCUT2D eigenvalue weighted by molar-refractivity contribution is 0.0291. The van der Waals surface area contributed by atoms with Crippen LogP contribution < -0.4 is 24.2 Å². The smallest absolute Gasteiger partial charge is 0.410 e. The molecule has 1 saturated heterocycles. The molecule has 1 atom stereocenters. The normalized spacial score (nSPS) is 13.9. The number of carbonyl (C=O) groups excluding carboxylic acids is 2. The van der Waals surface area contributed by atoms with Gasteiger partial charge in [-0.25, -0.2) is 36.1 Å². The standard InChI is InChI=1S/C51H55N9O11S3/c1-51(2,3)71-50(62)58-26-25-38(31-58)56-73(63,64)44-24-23-42(36-9-8-10-37(27-36)52-49-53-43(32-72-49)48(61)70-7)45(47-54-57-60(55-47)30-35-15-21-41(69-6)22-16-35)46(44)74(65,66)59(28-33-11-17-39(67-4)18-12-33)29-34-13-19-40(68-5)20-14-34/h8-24,27,32,38,56H,25-26,28-31H2,1-7H3,(H,52,53)/t38-/m1/s1. The summed E-state index contributed by atoms with van der Waals surface area (Å²) in [4.78, 5) is 31.2. The third-order valence-corrected chi connectivity index (χ3v) is 16.0. The maximum atomic E-state index is 16.3. The Labute approximate surface area is 433 Å². The van der Waals surface area contributed by atoms with Crippen molar-refractivity contribution in [3.63, 3.8) is 0 Å². The van der Waals surface area contributed by atoms with Crippen molar-refractivity contribution in [2.75, 3.05) is 46.8 Å². The summed E-state index contributed by atoms with van der Waals surface area (Å²) in [5.41, 5.74) is 2.19. The molecule has 7 aromatic rings. The molecule has 0 radical (unpaired) electrons. The summed E-state index contributed by atoms with van der Waals surface area (Å²) in [5, 5.41) is 18.7. The number of aromatic nitrogens is 5. The predicted molar refractivity (Wildman–Crippen MR) is 276 cm³/mol. The first-order valence-electron chi connectivity index (χ1n) is 23.1. The molecule has 1 amide bonds. The number of nitrogens with one attached hydrogen (secondary N) is 2. The molecule has 0 aliphatic carbocycles. The Bertz CT molecular complexity index is 3300. The number of esters is 1. The summed E-state index contributed by atoms with van der Waals surface area (Å²) in [6, 6.07) is 29.8. The molecule has 20 nitrogen and oxygen atoms in total. The molecule has 0 spiro atoms. The fourth-order valence-electron chi connectivity index (χ4n) is 8.07. The molecular formula is C51H55N9O11S3. The number of hydrogen-bond donors (Lipinski definition) is 2. The monoisotopic (exact) mass is 1070 g/mol. The fourth-order valence-corrected chi connectivity index (χ4v) is 12.4. The third kappa shape index (κ3) is 12.5. The van der Waals surface area contributed by atoms with E-state index in [2.05, 4.69) is 25.3 Å². The minimum Gasteiger partial charge on any atom is -0.497 e. The van der Waals surface area contributed by atoms with Gasteiger partial charge in [-0.15, -0.1) is 21.5 Å². The van der Waals surface area contributed by atoms with Crippen molar-refractivity contribution in [3.05, 3.63) is 137 Å². The van der Waals surface area contributed by atoms with Crippen LogP contribution in [0.3, 0.4) is 0 Å². The zero-order valence-electron chi connectivity index (χ0n) is 41.6. The summed E-state index contributed by atoms with van der Waals surface area (Å²) in [6.45, 7) is 5.01. The molecule has 2 aromatic heterocycles. The number of carbonyl (C=O) groups is 2. The van der Waals surface area contributed by atoms with Gasteiger partial charge in [-0.2, -0.15) is 9.10 Å². The van der Waals surface area contributed by atoms with Crippen molar-refractivity contribution >= 4 is 54.3 Å². The fraction of sp³-hybridized carbons (Fsp3) is 0.294. The summed E-state index contributed by atoms with van der Waals surface area (Å²) < 4.78 is 93.4. The van der Waals surface area contributed by atoms with Crippen LogP contribution in [0, 0.1) is 0 Å². The molecule has 74 heavy (non-hydrogen) atoms. The number of hydrogen-bond acceptors (Lipinski definition) is 17. The van der Waals surface area contributed by atoms with Gasteiger partial charge in [0.2, 0.25) is 25.9 Å². The Morgan fingerprint density at radius 3 is 1.99 bits per heavy atom. The zero-order chi connectivity index (χ0) is 52.8. The van der Waals surface area contributed by atoms with E-state index in [1.165, 1.54) is 58.8 Å². The highest BCUT2D eigenvalue weighted by atomic mass is 32.2. The molecule has 5 aromatic carbocycles. The first-order chi connectivity index (χ1) is 35.4. The largest absolute Gasteiger partial charge is 0.497 e. The van der Waals surface area contributed by atoms with E-state index in [-0.39, 0.29) is 61.8 Å². The Morgan fingerprint density at radius 2 is 1.41 bits per heavy atom. The van der Waals surface area contributed by atoms with Crippen LogP contribution in [0.4, 0.5) is 15.6 Å². The van der Waals surface area contributed by atoms with Crippen molar-refractivity contribution in [1.29, 1.82) is 0 Å². The molecule has 1 fully saturated rings. The van der Waals surface area contributed by atoms with E-state index in [9.17, 15) is 9.59 Å². The van der Waals surface area contributed by atoms with E-state index < -0.39 is 53.5 Å². The summed E-state index contributed by atoms with van der Waals surface area (Å²) in [7, 11) is -3.92. The molecule has 2 N–H and O–H groups in total. The second-order valence-electron chi connectivity index (χ2n) is 18.0. The van der Waals surface area contributed by atoms with Crippen molar-refractivity contribution in [3.8, 4) is 39.8 Å². The van der Waals surface area contributed by atoms with E-state index >= 15 is 16.8 Å². The molecule has 1 aliphatic rings. The molecule has 1 aliphatic heterocycles.